The third-order valence-corrected chi connectivity index (χ3v) is 4.11. The van der Waals surface area contributed by atoms with Crippen molar-refractivity contribution in [1.29, 1.82) is 0 Å². The van der Waals surface area contributed by atoms with Gasteiger partial charge in [-0.05, 0) is 41.7 Å². The summed E-state index contributed by atoms with van der Waals surface area (Å²) in [4.78, 5) is 17.9. The van der Waals surface area contributed by atoms with Gasteiger partial charge < -0.3 is 15.5 Å². The summed E-state index contributed by atoms with van der Waals surface area (Å²) in [6, 6.07) is 2.58. The van der Waals surface area contributed by atoms with Crippen molar-refractivity contribution in [3.63, 3.8) is 0 Å². The summed E-state index contributed by atoms with van der Waals surface area (Å²) in [5.41, 5.74) is 1.29. The minimum Gasteiger partial charge on any atom is -0.356 e. The van der Waals surface area contributed by atoms with Crippen molar-refractivity contribution in [1.82, 2.24) is 15.5 Å². The van der Waals surface area contributed by atoms with Crippen molar-refractivity contribution in [2.24, 2.45) is 4.99 Å². The van der Waals surface area contributed by atoms with Crippen molar-refractivity contribution in [2.75, 3.05) is 20.6 Å². The summed E-state index contributed by atoms with van der Waals surface area (Å²) in [6.07, 6.45) is 3.69. The molecule has 0 unspecified atom stereocenters. The molecule has 2 N–H and O–H groups in total. The SMILES string of the molecule is CN=C(NCCCC(=O)NC1CC1)N(C)Cc1ccsc1.I. The monoisotopic (exact) mass is 436 g/mol. The quantitative estimate of drug-likeness (QED) is 0.299. The zero-order valence-electron chi connectivity index (χ0n) is 13.2. The summed E-state index contributed by atoms with van der Waals surface area (Å²) < 4.78 is 0. The molecule has 1 aromatic rings. The average Bonchev–Trinajstić information content (AvgIpc) is 3.12. The first kappa shape index (κ1) is 19.2. The maximum Gasteiger partial charge on any atom is 0.220 e. The van der Waals surface area contributed by atoms with Crippen molar-refractivity contribution in [3.8, 4) is 0 Å². The molecule has 22 heavy (non-hydrogen) atoms. The zero-order chi connectivity index (χ0) is 15.1. The van der Waals surface area contributed by atoms with E-state index >= 15 is 0 Å². The van der Waals surface area contributed by atoms with E-state index in [0.29, 0.717) is 12.5 Å². The van der Waals surface area contributed by atoms with E-state index in [-0.39, 0.29) is 29.9 Å². The van der Waals surface area contributed by atoms with E-state index in [1.807, 2.05) is 7.05 Å². The Morgan fingerprint density at radius 3 is 2.86 bits per heavy atom. The highest BCUT2D eigenvalue weighted by atomic mass is 127. The van der Waals surface area contributed by atoms with Gasteiger partial charge in [0.2, 0.25) is 5.91 Å². The van der Waals surface area contributed by atoms with Crippen LogP contribution in [-0.4, -0.2) is 43.4 Å². The van der Waals surface area contributed by atoms with Crippen LogP contribution in [0.25, 0.3) is 0 Å². The molecular formula is C15H25IN4OS. The number of rotatable bonds is 7. The lowest BCUT2D eigenvalue weighted by Crippen LogP contribution is -2.39. The van der Waals surface area contributed by atoms with Crippen LogP contribution in [0.3, 0.4) is 0 Å². The Morgan fingerprint density at radius 1 is 1.50 bits per heavy atom. The first-order valence-electron chi connectivity index (χ1n) is 7.41. The van der Waals surface area contributed by atoms with E-state index in [4.69, 9.17) is 0 Å². The smallest absolute Gasteiger partial charge is 0.220 e. The number of thiophene rings is 1. The third-order valence-electron chi connectivity index (χ3n) is 3.38. The van der Waals surface area contributed by atoms with Crippen molar-refractivity contribution in [3.05, 3.63) is 22.4 Å². The second kappa shape index (κ2) is 10.0. The molecule has 0 radical (unpaired) electrons. The van der Waals surface area contributed by atoms with E-state index < -0.39 is 0 Å². The number of amides is 1. The molecule has 1 aliphatic rings. The number of carbonyl (C=O) groups is 1. The fraction of sp³-hybridized carbons (Fsp3) is 0.600. The summed E-state index contributed by atoms with van der Waals surface area (Å²) in [5, 5.41) is 10.5. The predicted octanol–water partition coefficient (Wildman–Crippen LogP) is 2.43. The predicted molar refractivity (Wildman–Crippen MR) is 103 cm³/mol. The number of halogens is 1. The molecule has 0 spiro atoms. The van der Waals surface area contributed by atoms with Crippen LogP contribution in [0, 0.1) is 0 Å². The van der Waals surface area contributed by atoms with Gasteiger partial charge in [-0.15, -0.1) is 24.0 Å². The van der Waals surface area contributed by atoms with Crippen molar-refractivity contribution < 1.29 is 4.79 Å². The minimum atomic E-state index is 0. The molecule has 0 bridgehead atoms. The highest BCUT2D eigenvalue weighted by Gasteiger charge is 2.22. The molecule has 1 amide bonds. The van der Waals surface area contributed by atoms with Gasteiger partial charge in [0, 0.05) is 39.6 Å². The molecule has 1 heterocycles. The molecule has 1 fully saturated rings. The average molecular weight is 436 g/mol. The lowest BCUT2D eigenvalue weighted by atomic mass is 10.3. The molecule has 124 valence electrons. The number of carbonyl (C=O) groups excluding carboxylic acids is 1. The van der Waals surface area contributed by atoms with Crippen LogP contribution in [0.5, 0.6) is 0 Å². The highest BCUT2D eigenvalue weighted by Crippen LogP contribution is 2.18. The van der Waals surface area contributed by atoms with E-state index in [2.05, 4.69) is 37.4 Å². The summed E-state index contributed by atoms with van der Waals surface area (Å²) >= 11 is 1.70. The Morgan fingerprint density at radius 2 is 2.27 bits per heavy atom. The molecule has 0 saturated heterocycles. The Bertz CT molecular complexity index is 474. The summed E-state index contributed by atoms with van der Waals surface area (Å²) in [6.45, 7) is 1.60. The van der Waals surface area contributed by atoms with Gasteiger partial charge in [-0.1, -0.05) is 0 Å². The van der Waals surface area contributed by atoms with Gasteiger partial charge in [-0.2, -0.15) is 11.3 Å². The van der Waals surface area contributed by atoms with Crippen LogP contribution in [0.1, 0.15) is 31.2 Å². The first-order valence-corrected chi connectivity index (χ1v) is 8.35. The van der Waals surface area contributed by atoms with Crippen LogP contribution >= 0.6 is 35.3 Å². The highest BCUT2D eigenvalue weighted by molar-refractivity contribution is 14.0. The lowest BCUT2D eigenvalue weighted by molar-refractivity contribution is -0.121. The van der Waals surface area contributed by atoms with Crippen LogP contribution < -0.4 is 10.6 Å². The molecule has 7 heteroatoms. The molecular weight excluding hydrogens is 411 g/mol. The fourth-order valence-corrected chi connectivity index (χ4v) is 2.75. The zero-order valence-corrected chi connectivity index (χ0v) is 16.3. The van der Waals surface area contributed by atoms with Gasteiger partial charge in [0.15, 0.2) is 5.96 Å². The molecule has 1 saturated carbocycles. The van der Waals surface area contributed by atoms with Crippen LogP contribution in [0.4, 0.5) is 0 Å². The molecule has 1 aromatic heterocycles. The summed E-state index contributed by atoms with van der Waals surface area (Å²) in [7, 11) is 3.80. The third kappa shape index (κ3) is 6.95. The first-order chi connectivity index (χ1) is 10.2. The van der Waals surface area contributed by atoms with E-state index in [9.17, 15) is 4.79 Å². The van der Waals surface area contributed by atoms with Crippen LogP contribution in [0.15, 0.2) is 21.8 Å². The van der Waals surface area contributed by atoms with E-state index in [1.54, 1.807) is 18.4 Å². The van der Waals surface area contributed by atoms with Gasteiger partial charge >= 0.3 is 0 Å². The Balaban J connectivity index is 0.00000242. The van der Waals surface area contributed by atoms with Crippen LogP contribution in [-0.2, 0) is 11.3 Å². The second-order valence-corrected chi connectivity index (χ2v) is 6.19. The largest absolute Gasteiger partial charge is 0.356 e. The Labute approximate surface area is 153 Å². The molecule has 2 rings (SSSR count). The lowest BCUT2D eigenvalue weighted by Gasteiger charge is -2.21. The Kier molecular flexibility index (Phi) is 8.77. The van der Waals surface area contributed by atoms with Gasteiger partial charge in [0.25, 0.3) is 0 Å². The second-order valence-electron chi connectivity index (χ2n) is 5.41. The number of hydrogen-bond acceptors (Lipinski definition) is 3. The maximum absolute atomic E-state index is 11.6. The van der Waals surface area contributed by atoms with Gasteiger partial charge in [0.1, 0.15) is 0 Å². The van der Waals surface area contributed by atoms with Gasteiger partial charge in [0.05, 0.1) is 0 Å². The van der Waals surface area contributed by atoms with E-state index in [0.717, 1.165) is 38.3 Å². The molecule has 5 nitrogen and oxygen atoms in total. The molecule has 0 aliphatic heterocycles. The van der Waals surface area contributed by atoms with E-state index in [1.165, 1.54) is 5.56 Å². The number of hydrogen-bond donors (Lipinski definition) is 2. The van der Waals surface area contributed by atoms with Gasteiger partial charge in [-0.25, -0.2) is 0 Å². The number of nitrogens with zero attached hydrogens (tertiary/aromatic N) is 2. The topological polar surface area (TPSA) is 56.7 Å². The van der Waals surface area contributed by atoms with Crippen LogP contribution in [0.2, 0.25) is 0 Å². The molecule has 1 aliphatic carbocycles. The van der Waals surface area contributed by atoms with Crippen molar-refractivity contribution in [2.45, 2.75) is 38.3 Å². The summed E-state index contributed by atoms with van der Waals surface area (Å²) in [5.74, 6) is 1.03. The Hall–Kier alpha value is -0.830. The standard InChI is InChI=1S/C15H24N4OS.HI/c1-16-15(19(2)10-12-7-9-21-11-12)17-8-3-4-14(20)18-13-5-6-13;/h7,9,11,13H,3-6,8,10H2,1-2H3,(H,16,17)(H,18,20);1H. The minimum absolute atomic E-state index is 0. The number of nitrogens with one attached hydrogen (secondary N) is 2. The normalized spacial score (nSPS) is 14.2. The van der Waals surface area contributed by atoms with Gasteiger partial charge in [-0.3, -0.25) is 9.79 Å². The number of guanidine groups is 1. The van der Waals surface area contributed by atoms with Crippen molar-refractivity contribution >= 4 is 47.2 Å². The number of aliphatic imine (C=N–C) groups is 1. The molecule has 0 aromatic carbocycles. The fourth-order valence-electron chi connectivity index (χ4n) is 2.09. The molecule has 0 atom stereocenters. The maximum atomic E-state index is 11.6.